The van der Waals surface area contributed by atoms with Crippen molar-refractivity contribution in [2.45, 2.75) is 43.5 Å². The highest BCUT2D eigenvalue weighted by Crippen LogP contribution is 2.50. The molecule has 1 aliphatic carbocycles. The number of hydrogen-bond acceptors (Lipinski definition) is 2. The van der Waals surface area contributed by atoms with Gasteiger partial charge in [-0.2, -0.15) is 26.3 Å². The maximum atomic E-state index is 13.2. The minimum Gasteiger partial charge on any atom is -0.507 e. The van der Waals surface area contributed by atoms with Crippen LogP contribution in [-0.4, -0.2) is 10.2 Å². The molecule has 1 saturated carbocycles. The molecule has 0 bridgehead atoms. The van der Waals surface area contributed by atoms with Crippen molar-refractivity contribution in [1.29, 1.82) is 0 Å². The Kier molecular flexibility index (Phi) is 4.56. The van der Waals surface area contributed by atoms with E-state index in [-0.39, 0.29) is 11.1 Å². The van der Waals surface area contributed by atoms with Gasteiger partial charge in [-0.05, 0) is 48.2 Å². The van der Waals surface area contributed by atoms with Crippen LogP contribution in [0.3, 0.4) is 0 Å². The van der Waals surface area contributed by atoms with E-state index >= 15 is 0 Å². The molecule has 0 saturated heterocycles. The predicted molar refractivity (Wildman–Crippen MR) is 85.5 cm³/mol. The minimum atomic E-state index is -4.79. The summed E-state index contributed by atoms with van der Waals surface area (Å²) in [6, 6.07) is 6.08. The third-order valence-electron chi connectivity index (χ3n) is 5.17. The van der Waals surface area contributed by atoms with Crippen LogP contribution in [0, 0.1) is 0 Å². The van der Waals surface area contributed by atoms with Crippen molar-refractivity contribution >= 4 is 0 Å². The molecule has 3 rings (SSSR count). The van der Waals surface area contributed by atoms with Crippen LogP contribution in [0.2, 0.25) is 0 Å². The molecule has 0 unspecified atom stereocenters. The van der Waals surface area contributed by atoms with Crippen molar-refractivity contribution in [3.63, 3.8) is 0 Å². The van der Waals surface area contributed by atoms with Crippen LogP contribution in [0.25, 0.3) is 0 Å². The Balaban J connectivity index is 2.19. The average molecular weight is 390 g/mol. The summed E-state index contributed by atoms with van der Waals surface area (Å²) in [6.07, 6.45) is -7.54. The highest BCUT2D eigenvalue weighted by molar-refractivity contribution is 5.49. The summed E-state index contributed by atoms with van der Waals surface area (Å²) in [5.74, 6) is -1.86. The fourth-order valence-electron chi connectivity index (χ4n) is 3.84. The van der Waals surface area contributed by atoms with Gasteiger partial charge in [-0.25, -0.2) is 0 Å². The molecule has 2 N–H and O–H groups in total. The zero-order valence-corrected chi connectivity index (χ0v) is 14.0. The van der Waals surface area contributed by atoms with E-state index in [1.54, 1.807) is 0 Å². The predicted octanol–water partition coefficient (Wildman–Crippen LogP) is 6.00. The first-order valence-corrected chi connectivity index (χ1v) is 8.26. The molecule has 0 amide bonds. The first-order chi connectivity index (χ1) is 12.4. The highest BCUT2D eigenvalue weighted by atomic mass is 19.4. The Hall–Kier alpha value is -2.38. The van der Waals surface area contributed by atoms with E-state index in [1.165, 1.54) is 12.1 Å². The SMILES string of the molecule is Oc1ccc(C2(c3ccc(O)c(C(F)(F)F)c3)CCCC2)cc1C(F)(F)F. The van der Waals surface area contributed by atoms with Gasteiger partial charge < -0.3 is 10.2 Å². The van der Waals surface area contributed by atoms with Gasteiger partial charge in [-0.15, -0.1) is 0 Å². The Bertz CT molecular complexity index is 783. The number of alkyl halides is 6. The van der Waals surface area contributed by atoms with Crippen molar-refractivity contribution in [1.82, 2.24) is 0 Å². The standard InChI is InChI=1S/C19H16F6O2/c20-18(21,22)13-9-11(3-5-15(13)26)17(7-1-2-8-17)12-4-6-16(27)14(10-12)19(23,24)25/h3-6,9-10,26-27H,1-2,7-8H2. The van der Waals surface area contributed by atoms with Gasteiger partial charge in [0.1, 0.15) is 11.5 Å². The van der Waals surface area contributed by atoms with Crippen LogP contribution in [0.4, 0.5) is 26.3 Å². The molecule has 8 heteroatoms. The summed E-state index contributed by atoms with van der Waals surface area (Å²) in [5, 5.41) is 19.1. The number of hydrogen-bond donors (Lipinski definition) is 2. The number of phenolic OH excluding ortho intramolecular Hbond substituents is 2. The zero-order valence-electron chi connectivity index (χ0n) is 14.0. The Labute approximate surface area is 151 Å². The van der Waals surface area contributed by atoms with Crippen LogP contribution >= 0.6 is 0 Å². The number of phenols is 2. The summed E-state index contributed by atoms with van der Waals surface area (Å²) >= 11 is 0. The lowest BCUT2D eigenvalue weighted by molar-refractivity contribution is -0.139. The molecule has 0 heterocycles. The lowest BCUT2D eigenvalue weighted by Gasteiger charge is -2.32. The summed E-state index contributed by atoms with van der Waals surface area (Å²) in [4.78, 5) is 0. The van der Waals surface area contributed by atoms with E-state index in [1.807, 2.05) is 0 Å². The van der Waals surface area contributed by atoms with Crippen LogP contribution < -0.4 is 0 Å². The van der Waals surface area contributed by atoms with Gasteiger partial charge in [0.2, 0.25) is 0 Å². The van der Waals surface area contributed by atoms with E-state index in [0.717, 1.165) is 24.3 Å². The summed E-state index contributed by atoms with van der Waals surface area (Å²) in [7, 11) is 0. The van der Waals surface area contributed by atoms with Crippen LogP contribution in [-0.2, 0) is 17.8 Å². The van der Waals surface area contributed by atoms with E-state index in [0.29, 0.717) is 25.7 Å². The molecule has 1 aliphatic rings. The molecule has 1 fully saturated rings. The van der Waals surface area contributed by atoms with Crippen molar-refractivity contribution in [3.8, 4) is 11.5 Å². The molecular formula is C19H16F6O2. The first kappa shape index (κ1) is 19.4. The maximum absolute atomic E-state index is 13.2. The molecule has 0 spiro atoms. The zero-order chi connectivity index (χ0) is 20.0. The van der Waals surface area contributed by atoms with Gasteiger partial charge in [-0.3, -0.25) is 0 Å². The van der Waals surface area contributed by atoms with Crippen molar-refractivity contribution in [3.05, 3.63) is 58.7 Å². The lowest BCUT2D eigenvalue weighted by Crippen LogP contribution is -2.25. The fourth-order valence-corrected chi connectivity index (χ4v) is 3.84. The molecule has 2 nitrogen and oxygen atoms in total. The quantitative estimate of drug-likeness (QED) is 0.618. The summed E-state index contributed by atoms with van der Waals surface area (Å²) < 4.78 is 79.0. The summed E-state index contributed by atoms with van der Waals surface area (Å²) in [5.41, 5.74) is -3.09. The highest BCUT2D eigenvalue weighted by Gasteiger charge is 2.42. The lowest BCUT2D eigenvalue weighted by atomic mass is 9.72. The van der Waals surface area contributed by atoms with Crippen LogP contribution in [0.1, 0.15) is 47.9 Å². The second kappa shape index (κ2) is 6.35. The molecule has 0 aliphatic heterocycles. The molecule has 0 radical (unpaired) electrons. The second-order valence-corrected chi connectivity index (χ2v) is 6.75. The largest absolute Gasteiger partial charge is 0.507 e. The summed E-state index contributed by atoms with van der Waals surface area (Å²) in [6.45, 7) is 0. The van der Waals surface area contributed by atoms with Crippen LogP contribution in [0.5, 0.6) is 11.5 Å². The Morgan fingerprint density at radius 1 is 0.667 bits per heavy atom. The molecule has 2 aromatic rings. The van der Waals surface area contributed by atoms with Gasteiger partial charge in [0, 0.05) is 5.41 Å². The molecule has 0 atom stereocenters. The van der Waals surface area contributed by atoms with Gasteiger partial charge in [0.25, 0.3) is 0 Å². The van der Waals surface area contributed by atoms with Gasteiger partial charge in [0.05, 0.1) is 11.1 Å². The number of benzene rings is 2. The fraction of sp³-hybridized carbons (Fsp3) is 0.368. The monoisotopic (exact) mass is 390 g/mol. The van der Waals surface area contributed by atoms with Gasteiger partial charge in [0.15, 0.2) is 0 Å². The van der Waals surface area contributed by atoms with Crippen molar-refractivity contribution in [2.75, 3.05) is 0 Å². The third kappa shape index (κ3) is 3.44. The van der Waals surface area contributed by atoms with Gasteiger partial charge >= 0.3 is 12.4 Å². The molecule has 0 aromatic heterocycles. The van der Waals surface area contributed by atoms with Gasteiger partial charge in [-0.1, -0.05) is 25.0 Å². The molecular weight excluding hydrogens is 374 g/mol. The second-order valence-electron chi connectivity index (χ2n) is 6.75. The van der Waals surface area contributed by atoms with Crippen LogP contribution in [0.15, 0.2) is 36.4 Å². The third-order valence-corrected chi connectivity index (χ3v) is 5.17. The Morgan fingerprint density at radius 3 is 1.37 bits per heavy atom. The smallest absolute Gasteiger partial charge is 0.419 e. The van der Waals surface area contributed by atoms with E-state index in [2.05, 4.69) is 0 Å². The van der Waals surface area contributed by atoms with Crippen molar-refractivity contribution in [2.24, 2.45) is 0 Å². The topological polar surface area (TPSA) is 40.5 Å². The number of halogens is 6. The first-order valence-electron chi connectivity index (χ1n) is 8.26. The normalized spacial score (nSPS) is 17.3. The Morgan fingerprint density at radius 2 is 1.04 bits per heavy atom. The average Bonchev–Trinajstić information content (AvgIpc) is 3.04. The van der Waals surface area contributed by atoms with Crippen molar-refractivity contribution < 1.29 is 36.6 Å². The molecule has 27 heavy (non-hydrogen) atoms. The van der Waals surface area contributed by atoms with E-state index < -0.39 is 40.4 Å². The number of rotatable bonds is 2. The van der Waals surface area contributed by atoms with E-state index in [9.17, 15) is 36.6 Å². The minimum absolute atomic E-state index is 0.198. The molecule has 2 aromatic carbocycles. The maximum Gasteiger partial charge on any atom is 0.419 e. The molecule has 146 valence electrons. The number of aromatic hydroxyl groups is 2. The van der Waals surface area contributed by atoms with E-state index in [4.69, 9.17) is 0 Å².